The summed E-state index contributed by atoms with van der Waals surface area (Å²) in [7, 11) is 1.29. The first-order valence-electron chi connectivity index (χ1n) is 17.0. The number of nitrogens with zero attached hydrogens (tertiary/aromatic N) is 1. The Morgan fingerprint density at radius 3 is 1.86 bits per heavy atom. The van der Waals surface area contributed by atoms with Crippen molar-refractivity contribution in [2.24, 2.45) is 0 Å². The number of carbonyl (C=O) groups excluding carboxylic acids is 1. The van der Waals surface area contributed by atoms with Gasteiger partial charge in [0.25, 0.3) is 7.82 Å². The van der Waals surface area contributed by atoms with E-state index >= 15 is 0 Å². The molecule has 0 saturated carbocycles. The number of unbranched alkanes of at least 4 members (excludes halogenated alkanes) is 15. The fourth-order valence-electron chi connectivity index (χ4n) is 4.68. The topological polar surface area (TPSA) is 108 Å². The molecule has 0 aliphatic heterocycles. The highest BCUT2D eigenvalue weighted by Crippen LogP contribution is 2.38. The molecule has 0 aliphatic rings. The number of aliphatic hydroxyl groups excluding tert-OH is 1. The molecule has 8 nitrogen and oxygen atoms in total. The number of nitrogens with one attached hydrogen (secondary N) is 1. The number of hydrogen-bond donors (Lipinski definition) is 2. The van der Waals surface area contributed by atoms with E-state index in [9.17, 15) is 19.4 Å². The van der Waals surface area contributed by atoms with E-state index in [2.05, 4.69) is 31.3 Å². The first-order valence-corrected chi connectivity index (χ1v) is 18.5. The molecule has 9 heteroatoms. The summed E-state index contributed by atoms with van der Waals surface area (Å²) in [5, 5.41) is 13.6. The van der Waals surface area contributed by atoms with Gasteiger partial charge in [0.05, 0.1) is 39.9 Å². The zero-order valence-corrected chi connectivity index (χ0v) is 28.9. The van der Waals surface area contributed by atoms with Crippen LogP contribution < -0.4 is 10.2 Å². The van der Waals surface area contributed by atoms with Gasteiger partial charge in [-0.25, -0.2) is 0 Å². The summed E-state index contributed by atoms with van der Waals surface area (Å²) < 4.78 is 23.0. The molecule has 0 spiro atoms. The van der Waals surface area contributed by atoms with Crippen LogP contribution in [0.4, 0.5) is 0 Å². The molecule has 3 unspecified atom stereocenters. The molecule has 0 saturated heterocycles. The molecule has 0 aromatic heterocycles. The second kappa shape index (κ2) is 26.6. The van der Waals surface area contributed by atoms with Crippen LogP contribution in [0, 0.1) is 0 Å². The molecule has 0 aromatic carbocycles. The van der Waals surface area contributed by atoms with E-state index in [1.807, 2.05) is 21.1 Å². The van der Waals surface area contributed by atoms with Crippen LogP contribution in [0.5, 0.6) is 0 Å². The highest BCUT2D eigenvalue weighted by Gasteiger charge is 2.24. The van der Waals surface area contributed by atoms with Gasteiger partial charge >= 0.3 is 0 Å². The van der Waals surface area contributed by atoms with Crippen LogP contribution >= 0.6 is 7.82 Å². The van der Waals surface area contributed by atoms with Crippen LogP contribution in [0.25, 0.3) is 0 Å². The Morgan fingerprint density at radius 2 is 1.31 bits per heavy atom. The number of carbonyl (C=O) groups is 1. The molecule has 250 valence electrons. The summed E-state index contributed by atoms with van der Waals surface area (Å²) in [6.07, 6.45) is 25.2. The molecule has 0 aliphatic carbocycles. The van der Waals surface area contributed by atoms with Crippen molar-refractivity contribution in [1.29, 1.82) is 0 Å². The zero-order valence-electron chi connectivity index (χ0n) is 28.0. The molecule has 0 rings (SSSR count). The SMILES string of the molecule is CCCCCCC/C=C\CCCCCCCC(=O)NC(COP(=O)([O-])OCC[N+](C)(C)C)C(O)CCCCCCCC. The van der Waals surface area contributed by atoms with E-state index in [1.165, 1.54) is 64.2 Å². The van der Waals surface area contributed by atoms with Crippen LogP contribution in [-0.2, 0) is 18.4 Å². The van der Waals surface area contributed by atoms with E-state index in [0.29, 0.717) is 23.9 Å². The standard InChI is InChI=1S/C33H67N2O6P/c1-6-8-10-12-14-15-16-17-18-19-20-21-23-25-27-33(37)34-31(32(36)26-24-22-13-11-9-7-2)30-41-42(38,39)40-29-28-35(3,4)5/h16-17,31-32,36H,6-15,18-30H2,1-5H3,(H-,34,37,38,39)/b17-16-. The molecule has 3 atom stereocenters. The van der Waals surface area contributed by atoms with Gasteiger partial charge in [-0.15, -0.1) is 0 Å². The Morgan fingerprint density at radius 1 is 0.810 bits per heavy atom. The largest absolute Gasteiger partial charge is 0.756 e. The minimum absolute atomic E-state index is 0.0109. The van der Waals surface area contributed by atoms with Gasteiger partial charge in [-0.3, -0.25) is 9.36 Å². The number of phosphoric acid groups is 1. The Bertz CT molecular complexity index is 713. The third-order valence-electron chi connectivity index (χ3n) is 7.50. The Labute approximate surface area is 259 Å². The maximum atomic E-state index is 12.7. The Balaban J connectivity index is 4.42. The van der Waals surface area contributed by atoms with Gasteiger partial charge in [0, 0.05) is 6.42 Å². The lowest BCUT2D eigenvalue weighted by atomic mass is 10.0. The summed E-state index contributed by atoms with van der Waals surface area (Å²) in [4.78, 5) is 25.0. The number of amides is 1. The molecular formula is C33H67N2O6P. The maximum absolute atomic E-state index is 12.7. The minimum atomic E-state index is -4.54. The van der Waals surface area contributed by atoms with Gasteiger partial charge in [0.15, 0.2) is 0 Å². The van der Waals surface area contributed by atoms with Gasteiger partial charge in [-0.2, -0.15) is 0 Å². The number of likely N-dealkylation sites (N-methyl/N-ethyl adjacent to an activating group) is 1. The first-order chi connectivity index (χ1) is 20.0. The van der Waals surface area contributed by atoms with Gasteiger partial charge < -0.3 is 28.8 Å². The number of rotatable bonds is 30. The van der Waals surface area contributed by atoms with Gasteiger partial charge in [0.2, 0.25) is 5.91 Å². The summed E-state index contributed by atoms with van der Waals surface area (Å²) in [6, 6.07) is -0.796. The van der Waals surface area contributed by atoms with E-state index in [0.717, 1.165) is 51.4 Å². The quantitative estimate of drug-likeness (QED) is 0.0375. The van der Waals surface area contributed by atoms with Crippen molar-refractivity contribution in [1.82, 2.24) is 5.32 Å². The molecule has 0 aromatic rings. The molecule has 42 heavy (non-hydrogen) atoms. The van der Waals surface area contributed by atoms with Crippen LogP contribution in [0.15, 0.2) is 12.2 Å². The Kier molecular flexibility index (Phi) is 26.1. The first kappa shape index (κ1) is 41.2. The number of allylic oxidation sites excluding steroid dienone is 2. The lowest BCUT2D eigenvalue weighted by Crippen LogP contribution is -2.46. The van der Waals surface area contributed by atoms with Crippen LogP contribution in [-0.4, -0.2) is 68.5 Å². The molecule has 2 N–H and O–H groups in total. The smallest absolute Gasteiger partial charge is 0.268 e. The number of phosphoric ester groups is 1. The number of aliphatic hydroxyl groups is 1. The molecule has 1 amide bonds. The van der Waals surface area contributed by atoms with E-state index in [-0.39, 0.29) is 19.1 Å². The number of hydrogen-bond acceptors (Lipinski definition) is 6. The monoisotopic (exact) mass is 618 g/mol. The van der Waals surface area contributed by atoms with Crippen LogP contribution in [0.3, 0.4) is 0 Å². The summed E-state index contributed by atoms with van der Waals surface area (Å²) in [6.45, 7) is 4.60. The van der Waals surface area contributed by atoms with Gasteiger partial charge in [-0.05, 0) is 38.5 Å². The van der Waals surface area contributed by atoms with Crippen molar-refractivity contribution >= 4 is 13.7 Å². The summed E-state index contributed by atoms with van der Waals surface area (Å²) >= 11 is 0. The van der Waals surface area contributed by atoms with Crippen molar-refractivity contribution in [3.8, 4) is 0 Å². The molecule has 0 bridgehead atoms. The lowest BCUT2D eigenvalue weighted by molar-refractivity contribution is -0.870. The van der Waals surface area contributed by atoms with Crippen molar-refractivity contribution in [2.75, 3.05) is 40.9 Å². The second-order valence-corrected chi connectivity index (χ2v) is 14.3. The van der Waals surface area contributed by atoms with Crippen LogP contribution in [0.2, 0.25) is 0 Å². The maximum Gasteiger partial charge on any atom is 0.268 e. The molecule has 0 heterocycles. The van der Waals surface area contributed by atoms with Crippen LogP contribution in [0.1, 0.15) is 142 Å². The van der Waals surface area contributed by atoms with Crippen molar-refractivity contribution in [3.05, 3.63) is 12.2 Å². The zero-order chi connectivity index (χ0) is 31.5. The average Bonchev–Trinajstić information content (AvgIpc) is 2.92. The predicted molar refractivity (Wildman–Crippen MR) is 173 cm³/mol. The summed E-state index contributed by atoms with van der Waals surface area (Å²) in [5.41, 5.74) is 0. The van der Waals surface area contributed by atoms with Gasteiger partial charge in [0.1, 0.15) is 13.2 Å². The molecular weight excluding hydrogens is 551 g/mol. The predicted octanol–water partition coefficient (Wildman–Crippen LogP) is 7.44. The molecule has 0 radical (unpaired) electrons. The van der Waals surface area contributed by atoms with Crippen molar-refractivity contribution in [3.63, 3.8) is 0 Å². The average molecular weight is 619 g/mol. The molecule has 0 fully saturated rings. The van der Waals surface area contributed by atoms with Gasteiger partial charge in [-0.1, -0.05) is 109 Å². The van der Waals surface area contributed by atoms with Crippen molar-refractivity contribution < 1.29 is 32.9 Å². The third-order valence-corrected chi connectivity index (χ3v) is 8.47. The fraction of sp³-hybridized carbons (Fsp3) is 0.909. The normalized spacial score (nSPS) is 15.1. The minimum Gasteiger partial charge on any atom is -0.756 e. The van der Waals surface area contributed by atoms with E-state index in [1.54, 1.807) is 0 Å². The fourth-order valence-corrected chi connectivity index (χ4v) is 5.40. The van der Waals surface area contributed by atoms with Crippen molar-refractivity contribution in [2.45, 2.75) is 154 Å². The number of quaternary nitrogens is 1. The Hall–Kier alpha value is -0.760. The summed E-state index contributed by atoms with van der Waals surface area (Å²) in [5.74, 6) is -0.181. The highest BCUT2D eigenvalue weighted by atomic mass is 31.2. The highest BCUT2D eigenvalue weighted by molar-refractivity contribution is 7.45. The second-order valence-electron chi connectivity index (χ2n) is 12.9. The van der Waals surface area contributed by atoms with E-state index < -0.39 is 20.0 Å². The lowest BCUT2D eigenvalue weighted by Gasteiger charge is -2.30. The van der Waals surface area contributed by atoms with E-state index in [4.69, 9.17) is 9.05 Å². The third kappa shape index (κ3) is 28.0.